The smallest absolute Gasteiger partial charge is 0.313 e. The van der Waals surface area contributed by atoms with Crippen molar-refractivity contribution in [2.24, 2.45) is 0 Å². The van der Waals surface area contributed by atoms with Crippen LogP contribution >= 0.6 is 11.8 Å². The molecule has 1 N–H and O–H groups in total. The molecule has 0 unspecified atom stereocenters. The molecule has 0 bridgehead atoms. The molecule has 0 radical (unpaired) electrons. The minimum absolute atomic E-state index is 0.0143. The van der Waals surface area contributed by atoms with Crippen LogP contribution in [0.2, 0.25) is 0 Å². The zero-order valence-corrected chi connectivity index (χ0v) is 10.4. The number of amides is 1. The van der Waals surface area contributed by atoms with Crippen LogP contribution < -0.4 is 0 Å². The summed E-state index contributed by atoms with van der Waals surface area (Å²) in [6, 6.07) is 0. The van der Waals surface area contributed by atoms with Crippen molar-refractivity contribution < 1.29 is 19.4 Å². The van der Waals surface area contributed by atoms with E-state index in [1.54, 1.807) is 4.90 Å². The molecular weight excluding hydrogens is 230 g/mol. The van der Waals surface area contributed by atoms with E-state index in [1.165, 1.54) is 0 Å². The first-order valence-corrected chi connectivity index (χ1v) is 6.27. The van der Waals surface area contributed by atoms with E-state index < -0.39 is 5.97 Å². The van der Waals surface area contributed by atoms with Crippen molar-refractivity contribution in [1.29, 1.82) is 0 Å². The summed E-state index contributed by atoms with van der Waals surface area (Å²) in [6.07, 6.45) is 0. The summed E-state index contributed by atoms with van der Waals surface area (Å²) < 4.78 is 5.31. The van der Waals surface area contributed by atoms with Crippen molar-refractivity contribution in [3.8, 4) is 0 Å². The van der Waals surface area contributed by atoms with Crippen molar-refractivity contribution in [2.75, 3.05) is 31.3 Å². The van der Waals surface area contributed by atoms with Gasteiger partial charge in [0, 0.05) is 6.54 Å². The molecule has 0 aromatic carbocycles. The van der Waals surface area contributed by atoms with Crippen LogP contribution in [-0.4, -0.2) is 58.7 Å². The summed E-state index contributed by atoms with van der Waals surface area (Å²) in [5.41, 5.74) is -0.293. The number of thioether (sulfide) groups is 1. The van der Waals surface area contributed by atoms with E-state index in [-0.39, 0.29) is 23.0 Å². The maximum absolute atomic E-state index is 11.9. The average Bonchev–Trinajstić information content (AvgIpc) is 2.16. The lowest BCUT2D eigenvalue weighted by Crippen LogP contribution is -2.56. The molecule has 1 aliphatic heterocycles. The monoisotopic (exact) mass is 247 g/mol. The van der Waals surface area contributed by atoms with Gasteiger partial charge in [-0.3, -0.25) is 9.59 Å². The molecule has 0 aromatic rings. The predicted molar refractivity (Wildman–Crippen MR) is 61.6 cm³/mol. The van der Waals surface area contributed by atoms with Crippen LogP contribution in [0, 0.1) is 0 Å². The molecule has 0 aliphatic carbocycles. The zero-order valence-electron chi connectivity index (χ0n) is 9.56. The summed E-state index contributed by atoms with van der Waals surface area (Å²) in [7, 11) is 0. The fraction of sp³-hybridized carbons (Fsp3) is 0.800. The fourth-order valence-corrected chi connectivity index (χ4v) is 2.23. The molecule has 1 rings (SSSR count). The molecule has 1 amide bonds. The van der Waals surface area contributed by atoms with Gasteiger partial charge in [-0.1, -0.05) is 0 Å². The van der Waals surface area contributed by atoms with Gasteiger partial charge in [-0.15, -0.1) is 11.8 Å². The van der Waals surface area contributed by atoms with E-state index in [0.29, 0.717) is 19.8 Å². The van der Waals surface area contributed by atoms with Crippen LogP contribution in [0.15, 0.2) is 0 Å². The number of carbonyl (C=O) groups is 2. The second-order valence-corrected chi connectivity index (χ2v) is 5.28. The lowest BCUT2D eigenvalue weighted by Gasteiger charge is -2.42. The van der Waals surface area contributed by atoms with E-state index in [9.17, 15) is 9.59 Å². The summed E-state index contributed by atoms with van der Waals surface area (Å²) in [5, 5.41) is 8.47. The standard InChI is InChI=1S/C10H17NO4S/c1-10(2)7-15-4-3-11(10)8(12)5-16-6-9(13)14/h3-7H2,1-2H3,(H,13,14). The first-order valence-electron chi connectivity index (χ1n) is 5.11. The molecule has 1 heterocycles. The van der Waals surface area contributed by atoms with Crippen molar-refractivity contribution in [1.82, 2.24) is 4.90 Å². The Morgan fingerprint density at radius 3 is 2.69 bits per heavy atom. The van der Waals surface area contributed by atoms with Gasteiger partial charge in [0.1, 0.15) is 0 Å². The summed E-state index contributed by atoms with van der Waals surface area (Å²) >= 11 is 1.13. The molecular formula is C10H17NO4S. The van der Waals surface area contributed by atoms with E-state index >= 15 is 0 Å². The van der Waals surface area contributed by atoms with Crippen molar-refractivity contribution in [3.05, 3.63) is 0 Å². The Morgan fingerprint density at radius 2 is 2.12 bits per heavy atom. The number of hydrogen-bond donors (Lipinski definition) is 1. The van der Waals surface area contributed by atoms with Crippen molar-refractivity contribution >= 4 is 23.6 Å². The predicted octanol–water partition coefficient (Wildman–Crippen LogP) is 0.442. The van der Waals surface area contributed by atoms with Gasteiger partial charge in [-0.25, -0.2) is 0 Å². The highest BCUT2D eigenvalue weighted by Crippen LogP contribution is 2.20. The van der Waals surface area contributed by atoms with Crippen LogP contribution in [0.1, 0.15) is 13.8 Å². The third-order valence-electron chi connectivity index (χ3n) is 2.40. The van der Waals surface area contributed by atoms with Crippen LogP contribution in [0.4, 0.5) is 0 Å². The maximum atomic E-state index is 11.9. The molecule has 92 valence electrons. The zero-order chi connectivity index (χ0) is 12.2. The number of nitrogens with zero attached hydrogens (tertiary/aromatic N) is 1. The highest BCUT2D eigenvalue weighted by Gasteiger charge is 2.33. The molecule has 0 spiro atoms. The maximum Gasteiger partial charge on any atom is 0.313 e. The van der Waals surface area contributed by atoms with Gasteiger partial charge in [0.05, 0.1) is 30.3 Å². The van der Waals surface area contributed by atoms with Crippen molar-refractivity contribution in [2.45, 2.75) is 19.4 Å². The second kappa shape index (κ2) is 5.54. The Morgan fingerprint density at radius 1 is 1.44 bits per heavy atom. The number of carboxylic acids is 1. The van der Waals surface area contributed by atoms with Gasteiger partial charge >= 0.3 is 5.97 Å². The minimum Gasteiger partial charge on any atom is -0.481 e. The van der Waals surface area contributed by atoms with Crippen LogP contribution in [0.3, 0.4) is 0 Å². The number of aliphatic carboxylic acids is 1. The van der Waals surface area contributed by atoms with Gasteiger partial charge in [-0.2, -0.15) is 0 Å². The number of morpholine rings is 1. The molecule has 5 nitrogen and oxygen atoms in total. The molecule has 1 saturated heterocycles. The molecule has 16 heavy (non-hydrogen) atoms. The first-order chi connectivity index (χ1) is 7.43. The third-order valence-corrected chi connectivity index (χ3v) is 3.30. The number of hydrogen-bond acceptors (Lipinski definition) is 4. The lowest BCUT2D eigenvalue weighted by atomic mass is 10.0. The van der Waals surface area contributed by atoms with E-state index in [0.717, 1.165) is 11.8 Å². The van der Waals surface area contributed by atoms with Crippen LogP contribution in [0.25, 0.3) is 0 Å². The van der Waals surface area contributed by atoms with E-state index in [1.807, 2.05) is 13.8 Å². The number of ether oxygens (including phenoxy) is 1. The number of carbonyl (C=O) groups excluding carboxylic acids is 1. The Hall–Kier alpha value is -0.750. The first kappa shape index (κ1) is 13.3. The Kier molecular flexibility index (Phi) is 4.61. The number of carboxylic acid groups (broad SMARTS) is 1. The Bertz CT molecular complexity index is 280. The van der Waals surface area contributed by atoms with Crippen molar-refractivity contribution in [3.63, 3.8) is 0 Å². The quantitative estimate of drug-likeness (QED) is 0.781. The number of rotatable bonds is 4. The molecule has 6 heteroatoms. The normalized spacial score (nSPS) is 19.5. The van der Waals surface area contributed by atoms with E-state index in [4.69, 9.17) is 9.84 Å². The largest absolute Gasteiger partial charge is 0.481 e. The highest BCUT2D eigenvalue weighted by atomic mass is 32.2. The van der Waals surface area contributed by atoms with Gasteiger partial charge in [0.25, 0.3) is 0 Å². The highest BCUT2D eigenvalue weighted by molar-refractivity contribution is 8.00. The topological polar surface area (TPSA) is 66.8 Å². The molecule has 0 atom stereocenters. The van der Waals surface area contributed by atoms with Crippen LogP contribution in [0.5, 0.6) is 0 Å². The van der Waals surface area contributed by atoms with Gasteiger partial charge < -0.3 is 14.7 Å². The van der Waals surface area contributed by atoms with Gasteiger partial charge in [0.2, 0.25) is 5.91 Å². The average molecular weight is 247 g/mol. The minimum atomic E-state index is -0.890. The third kappa shape index (κ3) is 3.68. The molecule has 0 saturated carbocycles. The SMILES string of the molecule is CC1(C)COCCN1C(=O)CSCC(=O)O. The summed E-state index contributed by atoms with van der Waals surface area (Å²) in [4.78, 5) is 23.9. The molecule has 1 fully saturated rings. The second-order valence-electron chi connectivity index (χ2n) is 4.30. The van der Waals surface area contributed by atoms with Gasteiger partial charge in [0.15, 0.2) is 0 Å². The van der Waals surface area contributed by atoms with Gasteiger partial charge in [-0.05, 0) is 13.8 Å². The summed E-state index contributed by atoms with van der Waals surface area (Å²) in [6.45, 7) is 5.57. The van der Waals surface area contributed by atoms with E-state index in [2.05, 4.69) is 0 Å². The lowest BCUT2D eigenvalue weighted by molar-refractivity contribution is -0.143. The molecule has 1 aliphatic rings. The summed E-state index contributed by atoms with van der Waals surface area (Å²) in [5.74, 6) is -0.717. The Balaban J connectivity index is 2.42. The van der Waals surface area contributed by atoms with Crippen LogP contribution in [-0.2, 0) is 14.3 Å². The fourth-order valence-electron chi connectivity index (χ4n) is 1.62. The Labute approximate surface area is 99.1 Å². The molecule has 0 aromatic heterocycles.